The molecule has 0 spiro atoms. The van der Waals surface area contributed by atoms with Gasteiger partial charge >= 0.3 is 17.5 Å². The third-order valence-corrected chi connectivity index (χ3v) is 4.36. The van der Waals surface area contributed by atoms with Gasteiger partial charge in [0.2, 0.25) is 0 Å². The summed E-state index contributed by atoms with van der Waals surface area (Å²) in [6.07, 6.45) is 1.65. The average molecular weight is 372 g/mol. The summed E-state index contributed by atoms with van der Waals surface area (Å²) in [5.41, 5.74) is 1.74. The number of allylic oxidation sites excluding steroid dienone is 2. The van der Waals surface area contributed by atoms with Crippen molar-refractivity contribution in [3.8, 4) is 6.19 Å². The number of carboxylic acids is 2. The van der Waals surface area contributed by atoms with Crippen LogP contribution in [0.3, 0.4) is 0 Å². The summed E-state index contributed by atoms with van der Waals surface area (Å²) in [5, 5.41) is 35.5. The van der Waals surface area contributed by atoms with Crippen LogP contribution in [0.1, 0.15) is 25.3 Å². The summed E-state index contributed by atoms with van der Waals surface area (Å²) in [6.45, 7) is 3.16. The number of nitrogens with one attached hydrogen (secondary N) is 2. The molecule has 2 rings (SSSR count). The summed E-state index contributed by atoms with van der Waals surface area (Å²) in [6, 6.07) is 6.79. The van der Waals surface area contributed by atoms with Crippen molar-refractivity contribution in [3.05, 3.63) is 52.4 Å². The van der Waals surface area contributed by atoms with Crippen LogP contribution >= 0.6 is 0 Å². The van der Waals surface area contributed by atoms with Crippen molar-refractivity contribution in [2.45, 2.75) is 19.8 Å². The maximum Gasteiger partial charge on any atom is 0.351 e. The van der Waals surface area contributed by atoms with Gasteiger partial charge < -0.3 is 25.6 Å². The molecule has 0 saturated heterocycles. The lowest BCUT2D eigenvalue weighted by molar-refractivity contribution is -0.299. The molecule has 0 aliphatic carbocycles. The Morgan fingerprint density at radius 3 is 2.69 bits per heavy atom. The number of nitrogens with zero attached hydrogens (tertiary/aromatic N) is 2. The average Bonchev–Trinajstić information content (AvgIpc) is 2.57. The highest BCUT2D eigenvalue weighted by Gasteiger charge is 2.33. The van der Waals surface area contributed by atoms with Gasteiger partial charge in [0, 0.05) is 28.6 Å². The molecular formula is C17H16N4O4S. The number of rotatable bonds is 6. The Bertz CT molecular complexity index is 847. The van der Waals surface area contributed by atoms with E-state index in [1.807, 2.05) is 0 Å². The van der Waals surface area contributed by atoms with Crippen molar-refractivity contribution in [3.63, 3.8) is 0 Å². The Kier molecular flexibility index (Phi) is 6.03. The van der Waals surface area contributed by atoms with Crippen LogP contribution in [0.2, 0.25) is 0 Å². The van der Waals surface area contributed by atoms with E-state index in [9.17, 15) is 19.8 Å². The lowest BCUT2D eigenvalue weighted by Crippen LogP contribution is -2.36. The first-order chi connectivity index (χ1) is 12.4. The Morgan fingerprint density at radius 1 is 1.38 bits per heavy atom. The summed E-state index contributed by atoms with van der Waals surface area (Å²) < 4.78 is 3.46. The van der Waals surface area contributed by atoms with Crippen molar-refractivity contribution in [1.82, 2.24) is 5.32 Å². The molecular weight excluding hydrogens is 356 g/mol. The fourth-order valence-corrected chi connectivity index (χ4v) is 3.24. The molecule has 3 N–H and O–H groups in total. The zero-order valence-electron chi connectivity index (χ0n) is 14.1. The summed E-state index contributed by atoms with van der Waals surface area (Å²) in [4.78, 5) is 23.4. The minimum Gasteiger partial charge on any atom is -0.545 e. The highest BCUT2D eigenvalue weighted by molar-refractivity contribution is 7.68. The number of dihydropyridines is 1. The molecule has 1 atom stereocenters. The van der Waals surface area contributed by atoms with E-state index in [0.717, 1.165) is 11.6 Å². The maximum absolute atomic E-state index is 11.8. The molecule has 0 fully saturated rings. The molecule has 134 valence electrons. The highest BCUT2D eigenvalue weighted by atomic mass is 32.1. The van der Waals surface area contributed by atoms with E-state index < -0.39 is 17.9 Å². The molecule has 1 unspecified atom stereocenters. The molecule has 1 aliphatic rings. The fourth-order valence-electron chi connectivity index (χ4n) is 2.89. The van der Waals surface area contributed by atoms with Gasteiger partial charge in [-0.15, -0.1) is 0 Å². The second-order valence-electron chi connectivity index (χ2n) is 5.49. The fraction of sp³-hybridized carbons (Fsp3) is 0.235. The van der Waals surface area contributed by atoms with E-state index in [0.29, 0.717) is 28.5 Å². The quantitative estimate of drug-likeness (QED) is 0.383. The minimum atomic E-state index is -1.42. The van der Waals surface area contributed by atoms with Crippen molar-refractivity contribution in [1.29, 1.82) is 5.26 Å². The van der Waals surface area contributed by atoms with Gasteiger partial charge in [0.25, 0.3) is 12.1 Å². The molecule has 9 heteroatoms. The molecule has 0 saturated carbocycles. The number of aliphatic carboxylic acids is 2. The first-order valence-electron chi connectivity index (χ1n) is 7.55. The number of anilines is 1. The SMILES string of the molecule is CC1=C(C(=O)[O-])C(c2cccc(NC[S+]=NC#N)c2)C(C(=O)O)=C(C)N1. The lowest BCUT2D eigenvalue weighted by Gasteiger charge is -2.31. The summed E-state index contributed by atoms with van der Waals surface area (Å²) in [5.74, 6) is -3.25. The predicted molar refractivity (Wildman–Crippen MR) is 94.3 cm³/mol. The molecule has 1 heterocycles. The van der Waals surface area contributed by atoms with Crippen molar-refractivity contribution < 1.29 is 19.8 Å². The molecule has 26 heavy (non-hydrogen) atoms. The topological polar surface area (TPSA) is 138 Å². The number of carbonyl (C=O) groups is 2. The van der Waals surface area contributed by atoms with Gasteiger partial charge in [-0.3, -0.25) is 0 Å². The number of carboxylic acid groups (broad SMARTS) is 2. The van der Waals surface area contributed by atoms with Gasteiger partial charge in [0.15, 0.2) is 0 Å². The number of nitriles is 1. The van der Waals surface area contributed by atoms with Crippen LogP contribution < -0.4 is 15.7 Å². The normalized spacial score (nSPS) is 17.0. The Balaban J connectivity index is 2.49. The van der Waals surface area contributed by atoms with E-state index in [4.69, 9.17) is 5.26 Å². The van der Waals surface area contributed by atoms with Gasteiger partial charge in [-0.25, -0.2) is 4.79 Å². The highest BCUT2D eigenvalue weighted by Crippen LogP contribution is 2.38. The minimum absolute atomic E-state index is 0.0409. The smallest absolute Gasteiger partial charge is 0.351 e. The van der Waals surface area contributed by atoms with Crippen molar-refractivity contribution in [2.24, 2.45) is 4.36 Å². The number of carbonyl (C=O) groups excluding carboxylic acids is 1. The van der Waals surface area contributed by atoms with E-state index in [1.165, 1.54) is 0 Å². The molecule has 1 aliphatic heterocycles. The largest absolute Gasteiger partial charge is 0.545 e. The van der Waals surface area contributed by atoms with E-state index in [2.05, 4.69) is 15.0 Å². The van der Waals surface area contributed by atoms with Crippen LogP contribution in [0.25, 0.3) is 0 Å². The molecule has 0 radical (unpaired) electrons. The van der Waals surface area contributed by atoms with Crippen molar-refractivity contribution in [2.75, 3.05) is 11.2 Å². The van der Waals surface area contributed by atoms with Gasteiger partial charge in [-0.1, -0.05) is 12.1 Å². The van der Waals surface area contributed by atoms with E-state index in [1.54, 1.807) is 44.3 Å². The van der Waals surface area contributed by atoms with Crippen molar-refractivity contribution >= 4 is 29.2 Å². The van der Waals surface area contributed by atoms with Crippen LogP contribution in [0.4, 0.5) is 5.69 Å². The first kappa shape index (κ1) is 19.1. The number of hydrogen-bond acceptors (Lipinski definition) is 7. The van der Waals surface area contributed by atoms with E-state index >= 15 is 0 Å². The molecule has 1 aromatic carbocycles. The second-order valence-corrected chi connectivity index (χ2v) is 6.22. The number of hydrogen-bond donors (Lipinski definition) is 3. The van der Waals surface area contributed by atoms with Gasteiger partial charge in [-0.05, 0) is 31.5 Å². The Morgan fingerprint density at radius 2 is 2.08 bits per heavy atom. The summed E-state index contributed by atoms with van der Waals surface area (Å²) in [7, 11) is 0. The Labute approximate surface area is 154 Å². The van der Waals surface area contributed by atoms with Crippen LogP contribution in [-0.2, 0) is 21.1 Å². The van der Waals surface area contributed by atoms with Crippen LogP contribution in [-0.4, -0.2) is 22.9 Å². The standard InChI is InChI=1S/C17H16N4O4S/c1-9-13(16(22)23)15(14(17(24)25)10(2)21-9)11-4-3-5-12(6-11)19-8-26-20-7-18/h3-6,15,19,21H,8H2,1-2H3,(H-,22,23,24,25). The third kappa shape index (κ3) is 4.04. The predicted octanol–water partition coefficient (Wildman–Crippen LogP) is 0.873. The molecule has 8 nitrogen and oxygen atoms in total. The number of benzene rings is 1. The monoisotopic (exact) mass is 372 g/mol. The maximum atomic E-state index is 11.8. The van der Waals surface area contributed by atoms with E-state index in [-0.39, 0.29) is 11.1 Å². The molecule has 0 amide bonds. The van der Waals surface area contributed by atoms with Gasteiger partial charge in [0.05, 0.1) is 15.9 Å². The lowest BCUT2D eigenvalue weighted by atomic mass is 9.80. The zero-order valence-corrected chi connectivity index (χ0v) is 14.9. The Hall–Kier alpha value is -3.25. The molecule has 1 aromatic rings. The molecule has 0 bridgehead atoms. The van der Waals surface area contributed by atoms with Crippen LogP contribution in [0.5, 0.6) is 0 Å². The zero-order chi connectivity index (χ0) is 19.3. The van der Waals surface area contributed by atoms with Gasteiger partial charge in [0.1, 0.15) is 0 Å². The second kappa shape index (κ2) is 8.22. The summed E-state index contributed by atoms with van der Waals surface area (Å²) >= 11 is 1.03. The third-order valence-electron chi connectivity index (χ3n) is 3.88. The van der Waals surface area contributed by atoms with Gasteiger partial charge in [-0.2, -0.15) is 5.26 Å². The first-order valence-corrected chi connectivity index (χ1v) is 8.49. The van der Waals surface area contributed by atoms with Crippen LogP contribution in [0, 0.1) is 11.5 Å². The van der Waals surface area contributed by atoms with Crippen LogP contribution in [0.15, 0.2) is 51.2 Å². The molecule has 0 aromatic heterocycles.